The average molecular weight is 459 g/mol. The minimum absolute atomic E-state index is 0.0753. The van der Waals surface area contributed by atoms with Crippen LogP contribution in [0.2, 0.25) is 5.02 Å². The van der Waals surface area contributed by atoms with E-state index in [1.54, 1.807) is 54.4 Å². The predicted octanol–water partition coefficient (Wildman–Crippen LogP) is 3.45. The Kier molecular flexibility index (Phi) is 6.34. The van der Waals surface area contributed by atoms with Gasteiger partial charge in [-0.25, -0.2) is 0 Å². The van der Waals surface area contributed by atoms with Crippen molar-refractivity contribution in [1.82, 2.24) is 4.90 Å². The molecule has 1 fully saturated rings. The maximum atomic E-state index is 13.2. The van der Waals surface area contributed by atoms with E-state index in [1.807, 2.05) is 0 Å². The van der Waals surface area contributed by atoms with Crippen molar-refractivity contribution in [3.05, 3.63) is 58.6 Å². The minimum Gasteiger partial charge on any atom is -0.490 e. The zero-order chi connectivity index (χ0) is 22.8. The number of nitrogens with one attached hydrogen (secondary N) is 1. The van der Waals surface area contributed by atoms with E-state index in [2.05, 4.69) is 5.32 Å². The largest absolute Gasteiger partial charge is 0.490 e. The molecular formula is C23H23ClN2O6. The number of halogens is 1. The Morgan fingerprint density at radius 3 is 2.66 bits per heavy atom. The lowest BCUT2D eigenvalue weighted by atomic mass is 9.94. The fraction of sp³-hybridized carbons (Fsp3) is 0.348. The zero-order valence-corrected chi connectivity index (χ0v) is 18.2. The molecule has 0 saturated carbocycles. The van der Waals surface area contributed by atoms with Crippen LogP contribution in [0.5, 0.6) is 5.75 Å². The molecule has 0 radical (unpaired) electrons. The maximum Gasteiger partial charge on any atom is 0.305 e. The van der Waals surface area contributed by atoms with Crippen molar-refractivity contribution in [1.29, 1.82) is 0 Å². The molecule has 3 atom stereocenters. The standard InChI is InChI=1S/C23H23ClN2O6/c1-26-18-8-7-16(11-21(27)28)32-20(18)12-31-19-9-6-15(10-17(19)23(26)30)25-22(29)13-2-4-14(24)5-3-13/h2-6,9-10,16,18,20H,7-8,11-12H2,1H3,(H,25,29)(H,27,28)/t16-,18+,20-/m1/s1. The van der Waals surface area contributed by atoms with Gasteiger partial charge in [0, 0.05) is 23.3 Å². The number of carboxylic acid groups (broad SMARTS) is 1. The van der Waals surface area contributed by atoms with Crippen LogP contribution in [0.25, 0.3) is 0 Å². The molecule has 0 aromatic heterocycles. The van der Waals surface area contributed by atoms with Crippen LogP contribution >= 0.6 is 11.6 Å². The highest BCUT2D eigenvalue weighted by Gasteiger charge is 2.39. The molecule has 4 rings (SSSR count). The molecule has 1 saturated heterocycles. The summed E-state index contributed by atoms with van der Waals surface area (Å²) in [6.07, 6.45) is 0.282. The first-order valence-electron chi connectivity index (χ1n) is 10.3. The van der Waals surface area contributed by atoms with Crippen LogP contribution in [-0.2, 0) is 9.53 Å². The minimum atomic E-state index is -0.914. The van der Waals surface area contributed by atoms with Gasteiger partial charge in [0.1, 0.15) is 18.5 Å². The summed E-state index contributed by atoms with van der Waals surface area (Å²) in [7, 11) is 1.70. The third kappa shape index (κ3) is 4.71. The third-order valence-electron chi connectivity index (χ3n) is 5.78. The number of amides is 2. The first kappa shape index (κ1) is 22.1. The van der Waals surface area contributed by atoms with Crippen LogP contribution < -0.4 is 10.1 Å². The molecule has 2 aromatic rings. The number of fused-ring (bicyclic) bond motifs is 2. The molecule has 0 spiro atoms. The number of carbonyl (C=O) groups is 3. The van der Waals surface area contributed by atoms with Gasteiger partial charge in [-0.15, -0.1) is 0 Å². The van der Waals surface area contributed by atoms with E-state index >= 15 is 0 Å². The second-order valence-electron chi connectivity index (χ2n) is 7.94. The lowest BCUT2D eigenvalue weighted by Gasteiger charge is -2.42. The highest BCUT2D eigenvalue weighted by Crippen LogP contribution is 2.32. The van der Waals surface area contributed by atoms with Gasteiger partial charge in [-0.2, -0.15) is 0 Å². The third-order valence-corrected chi connectivity index (χ3v) is 6.03. The Bertz CT molecular complexity index is 1040. The first-order chi connectivity index (χ1) is 15.3. The topological polar surface area (TPSA) is 105 Å². The smallest absolute Gasteiger partial charge is 0.305 e. The predicted molar refractivity (Wildman–Crippen MR) is 117 cm³/mol. The molecular weight excluding hydrogens is 436 g/mol. The van der Waals surface area contributed by atoms with Gasteiger partial charge in [0.25, 0.3) is 11.8 Å². The number of hydrogen-bond acceptors (Lipinski definition) is 5. The SMILES string of the molecule is CN1C(=O)c2cc(NC(=O)c3ccc(Cl)cc3)ccc2OC[C@H]2O[C@@H](CC(=O)O)CC[C@@H]21. The van der Waals surface area contributed by atoms with E-state index in [4.69, 9.17) is 26.2 Å². The van der Waals surface area contributed by atoms with Crippen LogP contribution in [0.3, 0.4) is 0 Å². The Morgan fingerprint density at radius 2 is 1.94 bits per heavy atom. The molecule has 9 heteroatoms. The van der Waals surface area contributed by atoms with Crippen molar-refractivity contribution in [2.75, 3.05) is 19.0 Å². The number of hydrogen-bond donors (Lipinski definition) is 2. The summed E-state index contributed by atoms with van der Waals surface area (Å²) in [6.45, 7) is 0.196. The Morgan fingerprint density at radius 1 is 1.19 bits per heavy atom. The number of anilines is 1. The molecule has 168 valence electrons. The van der Waals surface area contributed by atoms with Gasteiger partial charge < -0.3 is 24.8 Å². The van der Waals surface area contributed by atoms with E-state index in [0.717, 1.165) is 0 Å². The highest BCUT2D eigenvalue weighted by molar-refractivity contribution is 6.30. The summed E-state index contributed by atoms with van der Waals surface area (Å²) >= 11 is 5.87. The number of likely N-dealkylation sites (N-methyl/N-ethyl adjacent to an activating group) is 1. The van der Waals surface area contributed by atoms with Gasteiger partial charge in [0.15, 0.2) is 0 Å². The lowest BCUT2D eigenvalue weighted by molar-refractivity contribution is -0.148. The van der Waals surface area contributed by atoms with Gasteiger partial charge in [-0.05, 0) is 55.3 Å². The highest BCUT2D eigenvalue weighted by atomic mass is 35.5. The lowest BCUT2D eigenvalue weighted by Crippen LogP contribution is -2.53. The van der Waals surface area contributed by atoms with Crippen molar-refractivity contribution in [3.8, 4) is 5.75 Å². The fourth-order valence-electron chi connectivity index (χ4n) is 4.10. The molecule has 2 aliphatic rings. The molecule has 0 aliphatic carbocycles. The molecule has 2 heterocycles. The van der Waals surface area contributed by atoms with Gasteiger partial charge >= 0.3 is 5.97 Å². The fourth-order valence-corrected chi connectivity index (χ4v) is 4.23. The van der Waals surface area contributed by atoms with E-state index in [1.165, 1.54) is 0 Å². The number of carboxylic acids is 1. The molecule has 0 unspecified atom stereocenters. The van der Waals surface area contributed by atoms with E-state index < -0.39 is 18.2 Å². The molecule has 8 nitrogen and oxygen atoms in total. The average Bonchev–Trinajstić information content (AvgIpc) is 2.76. The molecule has 0 bridgehead atoms. The summed E-state index contributed by atoms with van der Waals surface area (Å²) in [4.78, 5) is 38.4. The Labute approximate surface area is 190 Å². The number of carbonyl (C=O) groups excluding carboxylic acids is 2. The van der Waals surface area contributed by atoms with Crippen LogP contribution in [0.1, 0.15) is 40.0 Å². The van der Waals surface area contributed by atoms with Crippen molar-refractivity contribution in [3.63, 3.8) is 0 Å². The Balaban J connectivity index is 1.53. The number of ether oxygens (including phenoxy) is 2. The summed E-state index contributed by atoms with van der Waals surface area (Å²) in [5.74, 6) is -1.10. The summed E-state index contributed by atoms with van der Waals surface area (Å²) in [5, 5.41) is 12.4. The van der Waals surface area contributed by atoms with E-state index in [9.17, 15) is 14.4 Å². The van der Waals surface area contributed by atoms with Crippen molar-refractivity contribution in [2.45, 2.75) is 37.5 Å². The molecule has 32 heavy (non-hydrogen) atoms. The molecule has 2 amide bonds. The molecule has 2 N–H and O–H groups in total. The van der Waals surface area contributed by atoms with E-state index in [0.29, 0.717) is 40.4 Å². The second-order valence-corrected chi connectivity index (χ2v) is 8.37. The molecule has 2 aromatic carbocycles. The van der Waals surface area contributed by atoms with Gasteiger partial charge in [0.2, 0.25) is 0 Å². The Hall–Kier alpha value is -3.10. The number of aliphatic carboxylic acids is 1. The van der Waals surface area contributed by atoms with Crippen molar-refractivity contribution in [2.24, 2.45) is 0 Å². The van der Waals surface area contributed by atoms with E-state index in [-0.39, 0.29) is 30.9 Å². The first-order valence-corrected chi connectivity index (χ1v) is 10.7. The maximum absolute atomic E-state index is 13.2. The molecule has 2 aliphatic heterocycles. The van der Waals surface area contributed by atoms with Crippen molar-refractivity contribution >= 4 is 35.1 Å². The summed E-state index contributed by atoms with van der Waals surface area (Å²) < 4.78 is 11.8. The normalized spacial score (nSPS) is 22.6. The van der Waals surface area contributed by atoms with Crippen LogP contribution in [-0.4, -0.2) is 59.7 Å². The summed E-state index contributed by atoms with van der Waals surface area (Å²) in [6, 6.07) is 11.2. The van der Waals surface area contributed by atoms with Crippen LogP contribution in [0, 0.1) is 0 Å². The second kappa shape index (κ2) is 9.18. The van der Waals surface area contributed by atoms with Gasteiger partial charge in [-0.1, -0.05) is 11.6 Å². The zero-order valence-electron chi connectivity index (χ0n) is 17.4. The van der Waals surface area contributed by atoms with Crippen LogP contribution in [0.15, 0.2) is 42.5 Å². The number of nitrogens with zero attached hydrogens (tertiary/aromatic N) is 1. The van der Waals surface area contributed by atoms with Gasteiger partial charge in [0.05, 0.1) is 24.1 Å². The summed E-state index contributed by atoms with van der Waals surface area (Å²) in [5.41, 5.74) is 1.25. The van der Waals surface area contributed by atoms with Crippen molar-refractivity contribution < 1.29 is 29.0 Å². The van der Waals surface area contributed by atoms with Crippen LogP contribution in [0.4, 0.5) is 5.69 Å². The monoisotopic (exact) mass is 458 g/mol. The number of rotatable bonds is 4. The number of benzene rings is 2. The van der Waals surface area contributed by atoms with Gasteiger partial charge in [-0.3, -0.25) is 14.4 Å². The quantitative estimate of drug-likeness (QED) is 0.727.